The molecule has 0 aliphatic heterocycles. The molecule has 0 unspecified atom stereocenters. The van der Waals surface area contributed by atoms with Gasteiger partial charge >= 0.3 is 5.97 Å². The topological polar surface area (TPSA) is 60.8 Å². The zero-order chi connectivity index (χ0) is 20.6. The molecule has 27 heavy (non-hydrogen) atoms. The van der Waals surface area contributed by atoms with Gasteiger partial charge in [-0.05, 0) is 33.5 Å². The van der Waals surface area contributed by atoms with Gasteiger partial charge in [0.05, 0.1) is 0 Å². The van der Waals surface area contributed by atoms with Crippen LogP contribution in [0.2, 0.25) is 0 Å². The Labute approximate surface area is 169 Å². The highest BCUT2D eigenvalue weighted by Gasteiger charge is 1.97. The molecule has 0 bridgehead atoms. The molecule has 0 radical (unpaired) electrons. The van der Waals surface area contributed by atoms with Gasteiger partial charge in [-0.15, -0.1) is 0 Å². The molecule has 0 aromatic rings. The minimum atomic E-state index is -0.653. The Hall–Kier alpha value is -0.610. The van der Waals surface area contributed by atoms with Crippen LogP contribution in [-0.4, -0.2) is 48.3 Å². The average Bonchev–Trinajstić information content (AvgIpc) is 2.63. The second-order valence-corrected chi connectivity index (χ2v) is 7.97. The summed E-state index contributed by atoms with van der Waals surface area (Å²) < 4.78 is 0. The van der Waals surface area contributed by atoms with Crippen molar-refractivity contribution in [1.82, 2.24) is 4.90 Å². The molecule has 4 heteroatoms. The van der Waals surface area contributed by atoms with Crippen molar-refractivity contribution >= 4 is 5.97 Å². The van der Waals surface area contributed by atoms with Crippen LogP contribution in [0, 0.1) is 0 Å². The zero-order valence-corrected chi connectivity index (χ0v) is 18.7. The van der Waals surface area contributed by atoms with Crippen molar-refractivity contribution in [1.29, 1.82) is 0 Å². The lowest BCUT2D eigenvalue weighted by molar-refractivity contribution is -0.137. The van der Waals surface area contributed by atoms with Gasteiger partial charge in [-0.25, -0.2) is 0 Å². The van der Waals surface area contributed by atoms with Gasteiger partial charge in [-0.1, -0.05) is 96.8 Å². The summed E-state index contributed by atoms with van der Waals surface area (Å²) in [6.07, 6.45) is 21.1. The van der Waals surface area contributed by atoms with E-state index in [2.05, 4.69) is 11.8 Å². The van der Waals surface area contributed by atoms with E-state index in [1.165, 1.54) is 83.5 Å². The van der Waals surface area contributed by atoms with Crippen LogP contribution >= 0.6 is 0 Å². The molecule has 0 saturated carbocycles. The number of carboxylic acid groups (broad SMARTS) is 1. The molecule has 0 spiro atoms. The van der Waals surface area contributed by atoms with Crippen LogP contribution in [0.3, 0.4) is 0 Å². The van der Waals surface area contributed by atoms with E-state index in [-0.39, 0.29) is 0 Å². The lowest BCUT2D eigenvalue weighted by Crippen LogP contribution is -2.13. The Morgan fingerprint density at radius 2 is 1.04 bits per heavy atom. The Morgan fingerprint density at radius 3 is 1.30 bits per heavy atom. The zero-order valence-electron chi connectivity index (χ0n) is 18.7. The van der Waals surface area contributed by atoms with Crippen LogP contribution in [0.5, 0.6) is 0 Å². The van der Waals surface area contributed by atoms with Crippen molar-refractivity contribution in [3.05, 3.63) is 0 Å². The normalized spacial score (nSPS) is 10.7. The van der Waals surface area contributed by atoms with Crippen molar-refractivity contribution in [3.8, 4) is 0 Å². The number of rotatable bonds is 19. The number of carboxylic acids is 1. The summed E-state index contributed by atoms with van der Waals surface area (Å²) in [5.41, 5.74) is 0. The minimum Gasteiger partial charge on any atom is -0.481 e. The van der Waals surface area contributed by atoms with Crippen LogP contribution in [-0.2, 0) is 4.79 Å². The number of aliphatic carboxylic acids is 1. The quantitative estimate of drug-likeness (QED) is 0.257. The molecule has 0 aromatic carbocycles. The molecule has 0 fully saturated rings. The summed E-state index contributed by atoms with van der Waals surface area (Å²) in [6, 6.07) is 0. The first-order valence-electron chi connectivity index (χ1n) is 11.5. The molecule has 0 aromatic heterocycles. The monoisotopic (exact) mass is 387 g/mol. The van der Waals surface area contributed by atoms with E-state index in [1.54, 1.807) is 0 Å². The fourth-order valence-corrected chi connectivity index (χ4v) is 3.03. The molecule has 0 heterocycles. The van der Waals surface area contributed by atoms with Gasteiger partial charge in [0.25, 0.3) is 0 Å². The van der Waals surface area contributed by atoms with E-state index in [0.29, 0.717) is 13.0 Å². The minimum absolute atomic E-state index is 0.304. The van der Waals surface area contributed by atoms with E-state index in [1.807, 2.05) is 14.1 Å². The Balaban J connectivity index is 0. The van der Waals surface area contributed by atoms with Crippen molar-refractivity contribution in [2.24, 2.45) is 0 Å². The molecular weight excluding hydrogens is 338 g/mol. The van der Waals surface area contributed by atoms with Crippen LogP contribution < -0.4 is 0 Å². The molecule has 0 aliphatic rings. The predicted molar refractivity (Wildman–Crippen MR) is 117 cm³/mol. The molecule has 0 amide bonds. The number of aliphatic hydroxyl groups excluding tert-OH is 1. The third-order valence-corrected chi connectivity index (χ3v) is 4.76. The van der Waals surface area contributed by atoms with Gasteiger partial charge < -0.3 is 15.1 Å². The molecule has 2 N–H and O–H groups in total. The molecule has 164 valence electrons. The van der Waals surface area contributed by atoms with E-state index in [0.717, 1.165) is 25.8 Å². The first-order chi connectivity index (χ1) is 13.0. The van der Waals surface area contributed by atoms with Crippen molar-refractivity contribution < 1.29 is 15.0 Å². The second kappa shape index (κ2) is 25.4. The highest BCUT2D eigenvalue weighted by atomic mass is 16.4. The van der Waals surface area contributed by atoms with Crippen LogP contribution in [0.1, 0.15) is 116 Å². The van der Waals surface area contributed by atoms with Gasteiger partial charge in [-0.2, -0.15) is 0 Å². The third-order valence-electron chi connectivity index (χ3n) is 4.76. The maximum absolute atomic E-state index is 10.3. The first-order valence-corrected chi connectivity index (χ1v) is 11.5. The molecule has 0 rings (SSSR count). The van der Waals surface area contributed by atoms with E-state index >= 15 is 0 Å². The third kappa shape index (κ3) is 33.4. The highest BCUT2D eigenvalue weighted by Crippen LogP contribution is 2.13. The fraction of sp³-hybridized carbons (Fsp3) is 0.957. The Morgan fingerprint density at radius 1 is 0.667 bits per heavy atom. The van der Waals surface area contributed by atoms with Gasteiger partial charge in [0.15, 0.2) is 0 Å². The van der Waals surface area contributed by atoms with E-state index in [4.69, 9.17) is 10.2 Å². The van der Waals surface area contributed by atoms with E-state index < -0.39 is 5.97 Å². The Bertz CT molecular complexity index is 283. The summed E-state index contributed by atoms with van der Waals surface area (Å²) in [7, 11) is 3.99. The summed E-state index contributed by atoms with van der Waals surface area (Å²) in [6.45, 7) is 3.56. The molecular formula is C23H49NO3. The number of aliphatic hydroxyl groups is 1. The molecule has 0 aliphatic carbocycles. The Kier molecular flexibility index (Phi) is 26.9. The summed E-state index contributed by atoms with van der Waals surface area (Å²) in [5, 5.41) is 16.8. The number of hydrogen-bond donors (Lipinski definition) is 2. The van der Waals surface area contributed by atoms with Gasteiger partial charge in [0.1, 0.15) is 0 Å². The smallest absolute Gasteiger partial charge is 0.303 e. The molecule has 0 saturated heterocycles. The number of nitrogens with zero attached hydrogens (tertiary/aromatic N) is 1. The van der Waals surface area contributed by atoms with Crippen LogP contribution in [0.15, 0.2) is 0 Å². The largest absolute Gasteiger partial charge is 0.481 e. The van der Waals surface area contributed by atoms with E-state index in [9.17, 15) is 4.79 Å². The van der Waals surface area contributed by atoms with Crippen LogP contribution in [0.25, 0.3) is 0 Å². The number of unbranched alkanes of at least 4 members (excludes halogenated alkanes) is 14. The lowest BCUT2D eigenvalue weighted by Gasteiger charge is -2.05. The summed E-state index contributed by atoms with van der Waals surface area (Å²) >= 11 is 0. The number of hydrogen-bond acceptors (Lipinski definition) is 3. The fourth-order valence-electron chi connectivity index (χ4n) is 3.03. The number of carbonyl (C=O) groups is 1. The molecule has 0 atom stereocenters. The standard InChI is InChI=1S/C18H36O2.C5H13NO/c1-2-3-4-5-6-7-8-9-10-11-12-13-14-15-16-17-18(19)20;1-6(2)4-3-5-7/h2-17H2,1H3,(H,19,20);7H,3-5H2,1-2H3. The summed E-state index contributed by atoms with van der Waals surface area (Å²) in [4.78, 5) is 12.4. The van der Waals surface area contributed by atoms with Gasteiger partial charge in [-0.3, -0.25) is 4.79 Å². The lowest BCUT2D eigenvalue weighted by atomic mass is 10.0. The first kappa shape index (κ1) is 28.6. The SMILES string of the molecule is CCCCCCCCCCCCCCCCCC(=O)O.CN(C)CCCO. The molecule has 4 nitrogen and oxygen atoms in total. The average molecular weight is 388 g/mol. The maximum atomic E-state index is 10.3. The van der Waals surface area contributed by atoms with Gasteiger partial charge in [0, 0.05) is 13.0 Å². The predicted octanol–water partition coefficient (Wildman–Crippen LogP) is 6.26. The van der Waals surface area contributed by atoms with Gasteiger partial charge in [0.2, 0.25) is 0 Å². The summed E-state index contributed by atoms with van der Waals surface area (Å²) in [5.74, 6) is -0.653. The second-order valence-electron chi connectivity index (χ2n) is 7.97. The van der Waals surface area contributed by atoms with Crippen molar-refractivity contribution in [2.75, 3.05) is 27.2 Å². The van der Waals surface area contributed by atoms with Crippen molar-refractivity contribution in [3.63, 3.8) is 0 Å². The van der Waals surface area contributed by atoms with Crippen molar-refractivity contribution in [2.45, 2.75) is 116 Å². The highest BCUT2D eigenvalue weighted by molar-refractivity contribution is 5.66. The van der Waals surface area contributed by atoms with Crippen LogP contribution in [0.4, 0.5) is 0 Å². The maximum Gasteiger partial charge on any atom is 0.303 e.